The predicted molar refractivity (Wildman–Crippen MR) is 59.0 cm³/mol. The second kappa shape index (κ2) is 2.98. The fourth-order valence-electron chi connectivity index (χ4n) is 1.92. The van der Waals surface area contributed by atoms with E-state index in [1.54, 1.807) is 6.20 Å². The Bertz CT molecular complexity index is 488. The number of carbonyl (C=O) groups excluding carboxylic acids is 1. The molecule has 1 aromatic carbocycles. The lowest BCUT2D eigenvalue weighted by Crippen LogP contribution is -2.40. The van der Waals surface area contributed by atoms with Crippen LogP contribution >= 0.6 is 0 Å². The number of hydrogen-bond donors (Lipinski definition) is 1. The number of carbonyl (C=O) groups is 1. The highest BCUT2D eigenvalue weighted by molar-refractivity contribution is 5.89. The first-order valence-electron chi connectivity index (χ1n) is 4.89. The number of fused-ring (bicyclic) bond motifs is 3. The molecule has 3 heteroatoms. The lowest BCUT2D eigenvalue weighted by Gasteiger charge is -2.32. The molecule has 1 N–H and O–H groups in total. The zero-order chi connectivity index (χ0) is 10.3. The van der Waals surface area contributed by atoms with Crippen molar-refractivity contribution in [3.63, 3.8) is 0 Å². The maximum absolute atomic E-state index is 11.3. The second-order valence-corrected chi connectivity index (χ2v) is 3.62. The highest BCUT2D eigenvalue weighted by Crippen LogP contribution is 2.30. The van der Waals surface area contributed by atoms with Gasteiger partial charge in [0.25, 0.3) is 0 Å². The van der Waals surface area contributed by atoms with E-state index in [9.17, 15) is 4.79 Å². The average molecular weight is 198 g/mol. The van der Waals surface area contributed by atoms with Crippen LogP contribution in [0.4, 0.5) is 5.69 Å². The van der Waals surface area contributed by atoms with Crippen LogP contribution in [0, 0.1) is 0 Å². The number of para-hydroxylation sites is 1. The van der Waals surface area contributed by atoms with Crippen molar-refractivity contribution in [1.29, 1.82) is 0 Å². The molecule has 3 nitrogen and oxygen atoms in total. The summed E-state index contributed by atoms with van der Waals surface area (Å²) in [5.41, 5.74) is 3.29. The van der Waals surface area contributed by atoms with Gasteiger partial charge in [-0.05, 0) is 17.7 Å². The Morgan fingerprint density at radius 1 is 1.20 bits per heavy atom. The Labute approximate surface area is 87.7 Å². The van der Waals surface area contributed by atoms with Crippen molar-refractivity contribution in [2.45, 2.75) is 0 Å². The third kappa shape index (κ3) is 1.24. The summed E-state index contributed by atoms with van der Waals surface area (Å²) in [4.78, 5) is 13.3. The van der Waals surface area contributed by atoms with E-state index < -0.39 is 0 Å². The molecule has 1 aromatic rings. The number of nitrogens with zero attached hydrogens (tertiary/aromatic N) is 1. The Hall–Kier alpha value is -2.03. The zero-order valence-corrected chi connectivity index (χ0v) is 8.10. The van der Waals surface area contributed by atoms with Crippen molar-refractivity contribution in [3.8, 4) is 0 Å². The molecule has 0 radical (unpaired) electrons. The Balaban J connectivity index is 2.15. The van der Waals surface area contributed by atoms with Gasteiger partial charge in [0.2, 0.25) is 5.91 Å². The summed E-state index contributed by atoms with van der Waals surface area (Å²) >= 11 is 0. The first-order valence-corrected chi connectivity index (χ1v) is 4.89. The van der Waals surface area contributed by atoms with Crippen molar-refractivity contribution in [3.05, 3.63) is 47.8 Å². The van der Waals surface area contributed by atoms with E-state index in [-0.39, 0.29) is 5.91 Å². The fraction of sp³-hybridized carbons (Fsp3) is 0.0833. The third-order valence-corrected chi connectivity index (χ3v) is 2.66. The van der Waals surface area contributed by atoms with Gasteiger partial charge < -0.3 is 10.2 Å². The maximum Gasteiger partial charge on any atom is 0.243 e. The van der Waals surface area contributed by atoms with Gasteiger partial charge in [0.05, 0.1) is 5.70 Å². The van der Waals surface area contributed by atoms with E-state index in [1.807, 2.05) is 29.2 Å². The molecule has 2 aliphatic rings. The Morgan fingerprint density at radius 3 is 3.00 bits per heavy atom. The van der Waals surface area contributed by atoms with Gasteiger partial charge in [-0.1, -0.05) is 24.3 Å². The number of anilines is 1. The van der Waals surface area contributed by atoms with Crippen LogP contribution in [0.2, 0.25) is 0 Å². The van der Waals surface area contributed by atoms with Crippen molar-refractivity contribution < 1.29 is 4.79 Å². The van der Waals surface area contributed by atoms with E-state index in [4.69, 9.17) is 0 Å². The minimum Gasteiger partial charge on any atom is -0.330 e. The van der Waals surface area contributed by atoms with Crippen LogP contribution in [-0.4, -0.2) is 12.5 Å². The molecule has 0 fully saturated rings. The van der Waals surface area contributed by atoms with Crippen molar-refractivity contribution >= 4 is 17.7 Å². The molecule has 0 spiro atoms. The smallest absolute Gasteiger partial charge is 0.243 e. The number of rotatable bonds is 0. The largest absolute Gasteiger partial charge is 0.330 e. The summed E-state index contributed by atoms with van der Waals surface area (Å²) in [6, 6.07) is 8.07. The first kappa shape index (κ1) is 8.29. The molecule has 0 atom stereocenters. The fourth-order valence-corrected chi connectivity index (χ4v) is 1.92. The maximum atomic E-state index is 11.3. The van der Waals surface area contributed by atoms with Crippen molar-refractivity contribution in [2.24, 2.45) is 0 Å². The summed E-state index contributed by atoms with van der Waals surface area (Å²) in [5.74, 6) is 0.0313. The molecule has 1 amide bonds. The second-order valence-electron chi connectivity index (χ2n) is 3.62. The number of allylic oxidation sites excluding steroid dienone is 1. The molecular formula is C12H10N2O. The third-order valence-electron chi connectivity index (χ3n) is 2.66. The van der Waals surface area contributed by atoms with Gasteiger partial charge in [-0.25, -0.2) is 0 Å². The Morgan fingerprint density at radius 2 is 2.07 bits per heavy atom. The minimum atomic E-state index is 0.0313. The molecule has 15 heavy (non-hydrogen) atoms. The molecule has 0 saturated heterocycles. The number of hydrogen-bond acceptors (Lipinski definition) is 2. The summed E-state index contributed by atoms with van der Waals surface area (Å²) in [7, 11) is 0. The van der Waals surface area contributed by atoms with Crippen LogP contribution in [0.25, 0.3) is 6.08 Å². The molecule has 74 valence electrons. The molecule has 3 rings (SSSR count). The van der Waals surface area contributed by atoms with Gasteiger partial charge in [-0.2, -0.15) is 0 Å². The van der Waals surface area contributed by atoms with Gasteiger partial charge in [0, 0.05) is 11.9 Å². The van der Waals surface area contributed by atoms with Crippen LogP contribution < -0.4 is 10.2 Å². The van der Waals surface area contributed by atoms with E-state index >= 15 is 0 Å². The van der Waals surface area contributed by atoms with Crippen LogP contribution in [0.5, 0.6) is 0 Å². The van der Waals surface area contributed by atoms with E-state index in [0.29, 0.717) is 6.54 Å². The summed E-state index contributed by atoms with van der Waals surface area (Å²) < 4.78 is 0. The highest BCUT2D eigenvalue weighted by Gasteiger charge is 2.22. The zero-order valence-electron chi connectivity index (χ0n) is 8.10. The number of amides is 1. The van der Waals surface area contributed by atoms with E-state index in [0.717, 1.165) is 16.9 Å². The molecule has 0 aliphatic carbocycles. The molecule has 0 aromatic heterocycles. The quantitative estimate of drug-likeness (QED) is 0.685. The van der Waals surface area contributed by atoms with Crippen LogP contribution in [-0.2, 0) is 4.79 Å². The summed E-state index contributed by atoms with van der Waals surface area (Å²) in [5, 5.41) is 2.72. The number of benzene rings is 1. The van der Waals surface area contributed by atoms with Crippen LogP contribution in [0.3, 0.4) is 0 Å². The van der Waals surface area contributed by atoms with Crippen LogP contribution in [0.1, 0.15) is 5.56 Å². The van der Waals surface area contributed by atoms with Gasteiger partial charge in [-0.15, -0.1) is 0 Å². The summed E-state index contributed by atoms with van der Waals surface area (Å²) in [6.45, 7) is 0.396. The SMILES string of the molecule is O=C1CN2C(=CN1)C=Cc1ccccc12. The predicted octanol–water partition coefficient (Wildman–Crippen LogP) is 1.49. The Kier molecular flexibility index (Phi) is 1.65. The van der Waals surface area contributed by atoms with Gasteiger partial charge in [0.15, 0.2) is 0 Å². The molecule has 0 bridgehead atoms. The van der Waals surface area contributed by atoms with Gasteiger partial charge >= 0.3 is 0 Å². The van der Waals surface area contributed by atoms with E-state index in [2.05, 4.69) is 17.5 Å². The van der Waals surface area contributed by atoms with Crippen molar-refractivity contribution in [1.82, 2.24) is 5.32 Å². The standard InChI is InChI=1S/C12H10N2O/c15-12-8-14-10(7-13-12)6-5-9-3-1-2-4-11(9)14/h1-7H,8H2,(H,13,15). The monoisotopic (exact) mass is 198 g/mol. The average Bonchev–Trinajstić information content (AvgIpc) is 2.29. The molecule has 2 aliphatic heterocycles. The molecular weight excluding hydrogens is 188 g/mol. The molecule has 2 heterocycles. The lowest BCUT2D eigenvalue weighted by atomic mass is 10.1. The normalized spacial score (nSPS) is 17.7. The first-order chi connectivity index (χ1) is 7.34. The van der Waals surface area contributed by atoms with Crippen LogP contribution in [0.15, 0.2) is 42.2 Å². The van der Waals surface area contributed by atoms with Gasteiger partial charge in [-0.3, -0.25) is 4.79 Å². The van der Waals surface area contributed by atoms with E-state index in [1.165, 1.54) is 0 Å². The number of nitrogens with one attached hydrogen (secondary N) is 1. The van der Waals surface area contributed by atoms with Crippen molar-refractivity contribution in [2.75, 3.05) is 11.4 Å². The highest BCUT2D eigenvalue weighted by atomic mass is 16.2. The lowest BCUT2D eigenvalue weighted by molar-refractivity contribution is -0.119. The molecule has 0 saturated carbocycles. The minimum absolute atomic E-state index is 0.0313. The topological polar surface area (TPSA) is 32.3 Å². The van der Waals surface area contributed by atoms with Gasteiger partial charge in [0.1, 0.15) is 6.54 Å². The summed E-state index contributed by atoms with van der Waals surface area (Å²) in [6.07, 6.45) is 5.83. The molecule has 0 unspecified atom stereocenters.